The summed E-state index contributed by atoms with van der Waals surface area (Å²) in [7, 11) is 0. The number of halogens is 1. The van der Waals surface area contributed by atoms with Crippen LogP contribution in [0.25, 0.3) is 11.6 Å². The normalized spacial score (nSPS) is 16.6. The average Bonchev–Trinajstić information content (AvgIpc) is 2.41. The quantitative estimate of drug-likeness (QED) is 0.730. The van der Waals surface area contributed by atoms with Crippen molar-refractivity contribution in [2.45, 2.75) is 19.3 Å². The fourth-order valence-electron chi connectivity index (χ4n) is 2.48. The highest BCUT2D eigenvalue weighted by Crippen LogP contribution is 2.32. The van der Waals surface area contributed by atoms with Gasteiger partial charge in [0.2, 0.25) is 0 Å². The van der Waals surface area contributed by atoms with E-state index in [1.165, 1.54) is 11.1 Å². The molecular weight excluding hydrogens is 225 g/mol. The van der Waals surface area contributed by atoms with Crippen molar-refractivity contribution in [2.24, 2.45) is 0 Å². The minimum absolute atomic E-state index is 0.156. The molecule has 1 aliphatic rings. The van der Waals surface area contributed by atoms with E-state index >= 15 is 0 Å². The van der Waals surface area contributed by atoms with Crippen molar-refractivity contribution in [2.75, 3.05) is 0 Å². The molecule has 0 N–H and O–H groups in total. The van der Waals surface area contributed by atoms with Crippen molar-refractivity contribution < 1.29 is 4.39 Å². The van der Waals surface area contributed by atoms with Crippen LogP contribution in [0.2, 0.25) is 0 Å². The third-order valence-electron chi connectivity index (χ3n) is 3.36. The van der Waals surface area contributed by atoms with E-state index in [4.69, 9.17) is 0 Å². The molecule has 2 aromatic rings. The van der Waals surface area contributed by atoms with E-state index in [1.807, 2.05) is 18.2 Å². The van der Waals surface area contributed by atoms with Crippen LogP contribution in [0.5, 0.6) is 0 Å². The van der Waals surface area contributed by atoms with Crippen LogP contribution in [0, 0.1) is 5.82 Å². The summed E-state index contributed by atoms with van der Waals surface area (Å²) in [6.07, 6.45) is 8.89. The molecule has 1 aromatic heterocycles. The largest absolute Gasteiger partial charge is 0.265 e. The second-order valence-electron chi connectivity index (χ2n) is 4.61. The Labute approximate surface area is 106 Å². The van der Waals surface area contributed by atoms with Gasteiger partial charge in [0, 0.05) is 12.4 Å². The molecule has 0 radical (unpaired) electrons. The molecule has 1 aromatic carbocycles. The summed E-state index contributed by atoms with van der Waals surface area (Å²) in [5.74, 6) is -0.156. The van der Waals surface area contributed by atoms with Crippen LogP contribution in [0.1, 0.15) is 29.5 Å². The highest BCUT2D eigenvalue weighted by Gasteiger charge is 2.14. The van der Waals surface area contributed by atoms with Crippen LogP contribution >= 0.6 is 0 Å². The second-order valence-corrected chi connectivity index (χ2v) is 4.61. The smallest absolute Gasteiger partial charge is 0.123 e. The first-order valence-corrected chi connectivity index (χ1v) is 6.22. The number of aromatic nitrogens is 1. The van der Waals surface area contributed by atoms with Crippen LogP contribution in [-0.2, 0) is 6.42 Å². The summed E-state index contributed by atoms with van der Waals surface area (Å²) < 4.78 is 13.4. The first-order valence-electron chi connectivity index (χ1n) is 6.22. The number of allylic oxidation sites excluding steroid dienone is 1. The summed E-state index contributed by atoms with van der Waals surface area (Å²) in [6, 6.07) is 9.06. The highest BCUT2D eigenvalue weighted by molar-refractivity contribution is 5.83. The van der Waals surface area contributed by atoms with Gasteiger partial charge in [0.15, 0.2) is 0 Å². The molecule has 0 fully saturated rings. The third-order valence-corrected chi connectivity index (χ3v) is 3.36. The van der Waals surface area contributed by atoms with Gasteiger partial charge in [-0.1, -0.05) is 12.1 Å². The highest BCUT2D eigenvalue weighted by atomic mass is 19.1. The van der Waals surface area contributed by atoms with Crippen molar-refractivity contribution >= 4 is 11.6 Å². The second kappa shape index (κ2) is 4.73. The fourth-order valence-corrected chi connectivity index (χ4v) is 2.48. The van der Waals surface area contributed by atoms with Gasteiger partial charge in [-0.25, -0.2) is 4.39 Å². The molecule has 0 spiro atoms. The maximum atomic E-state index is 13.4. The Morgan fingerprint density at radius 1 is 1.06 bits per heavy atom. The van der Waals surface area contributed by atoms with Crippen LogP contribution < -0.4 is 0 Å². The summed E-state index contributed by atoms with van der Waals surface area (Å²) in [6.45, 7) is 0. The molecule has 0 saturated carbocycles. The minimum atomic E-state index is -0.156. The van der Waals surface area contributed by atoms with Crippen molar-refractivity contribution in [3.05, 3.63) is 65.2 Å². The molecule has 0 bridgehead atoms. The zero-order valence-electron chi connectivity index (χ0n) is 10.1. The van der Waals surface area contributed by atoms with E-state index in [-0.39, 0.29) is 5.82 Å². The Balaban J connectivity index is 2.06. The monoisotopic (exact) mass is 239 g/mol. The molecule has 1 nitrogen and oxygen atoms in total. The van der Waals surface area contributed by atoms with Crippen molar-refractivity contribution in [1.29, 1.82) is 0 Å². The van der Waals surface area contributed by atoms with Gasteiger partial charge < -0.3 is 0 Å². The van der Waals surface area contributed by atoms with E-state index < -0.39 is 0 Å². The molecule has 2 heteroatoms. The van der Waals surface area contributed by atoms with Gasteiger partial charge in [-0.2, -0.15) is 0 Å². The van der Waals surface area contributed by atoms with Crippen LogP contribution in [-0.4, -0.2) is 4.98 Å². The van der Waals surface area contributed by atoms with E-state index in [0.29, 0.717) is 0 Å². The molecule has 90 valence electrons. The van der Waals surface area contributed by atoms with Crippen LogP contribution in [0.3, 0.4) is 0 Å². The Hall–Kier alpha value is -1.96. The minimum Gasteiger partial charge on any atom is -0.265 e. The Kier molecular flexibility index (Phi) is 2.93. The predicted octanol–water partition coefficient (Wildman–Crippen LogP) is 4.10. The van der Waals surface area contributed by atoms with Gasteiger partial charge in [0.05, 0.1) is 0 Å². The first-order chi connectivity index (χ1) is 8.83. The number of rotatable bonds is 1. The lowest BCUT2D eigenvalue weighted by molar-refractivity contribution is 0.625. The lowest BCUT2D eigenvalue weighted by Gasteiger charge is -2.19. The zero-order chi connectivity index (χ0) is 12.4. The van der Waals surface area contributed by atoms with Gasteiger partial charge in [0.25, 0.3) is 0 Å². The van der Waals surface area contributed by atoms with E-state index in [2.05, 4.69) is 11.1 Å². The molecule has 1 heterocycles. The fraction of sp³-hybridized carbons (Fsp3) is 0.188. The number of hydrogen-bond acceptors (Lipinski definition) is 1. The number of fused-ring (bicyclic) bond motifs is 1. The molecule has 0 atom stereocenters. The number of nitrogens with zero attached hydrogens (tertiary/aromatic N) is 1. The first kappa shape index (κ1) is 11.1. The van der Waals surface area contributed by atoms with Crippen LogP contribution in [0.15, 0.2) is 42.7 Å². The molecule has 3 rings (SSSR count). The average molecular weight is 239 g/mol. The molecule has 0 unspecified atom stereocenters. The Morgan fingerprint density at radius 2 is 1.89 bits per heavy atom. The van der Waals surface area contributed by atoms with Crippen molar-refractivity contribution in [3.8, 4) is 0 Å². The van der Waals surface area contributed by atoms with Gasteiger partial charge in [-0.15, -0.1) is 0 Å². The predicted molar refractivity (Wildman–Crippen MR) is 71.4 cm³/mol. The molecule has 0 amide bonds. The molecule has 0 saturated heterocycles. The summed E-state index contributed by atoms with van der Waals surface area (Å²) in [4.78, 5) is 4.01. The van der Waals surface area contributed by atoms with Crippen LogP contribution in [0.4, 0.5) is 4.39 Å². The molecule has 18 heavy (non-hydrogen) atoms. The zero-order valence-corrected chi connectivity index (χ0v) is 10.1. The van der Waals surface area contributed by atoms with E-state index in [9.17, 15) is 4.39 Å². The van der Waals surface area contributed by atoms with Crippen molar-refractivity contribution in [1.82, 2.24) is 4.98 Å². The van der Waals surface area contributed by atoms with Gasteiger partial charge in [-0.05, 0) is 65.8 Å². The Bertz CT molecular complexity index is 587. The van der Waals surface area contributed by atoms with Gasteiger partial charge in [0.1, 0.15) is 5.82 Å². The number of aryl methyl sites for hydroxylation is 1. The molecule has 1 aliphatic carbocycles. The van der Waals surface area contributed by atoms with Crippen molar-refractivity contribution in [3.63, 3.8) is 0 Å². The van der Waals surface area contributed by atoms with Gasteiger partial charge in [-0.3, -0.25) is 4.98 Å². The SMILES string of the molecule is Fc1ccc2c(c1)C(=Cc1ccncc1)CCC2. The lowest BCUT2D eigenvalue weighted by atomic mass is 9.86. The summed E-state index contributed by atoms with van der Waals surface area (Å²) in [5.41, 5.74) is 4.67. The Morgan fingerprint density at radius 3 is 2.72 bits per heavy atom. The topological polar surface area (TPSA) is 12.9 Å². The summed E-state index contributed by atoms with van der Waals surface area (Å²) >= 11 is 0. The maximum Gasteiger partial charge on any atom is 0.123 e. The van der Waals surface area contributed by atoms with E-state index in [0.717, 1.165) is 30.4 Å². The standard InChI is InChI=1S/C16H14FN/c17-15-5-4-13-2-1-3-14(16(13)11-15)10-12-6-8-18-9-7-12/h4-11H,1-3H2. The number of hydrogen-bond donors (Lipinski definition) is 0. The number of pyridine rings is 1. The van der Waals surface area contributed by atoms with Gasteiger partial charge >= 0.3 is 0 Å². The molecular formula is C16H14FN. The molecule has 0 aliphatic heterocycles. The number of benzene rings is 1. The summed E-state index contributed by atoms with van der Waals surface area (Å²) in [5, 5.41) is 0. The lowest BCUT2D eigenvalue weighted by Crippen LogP contribution is -2.02. The van der Waals surface area contributed by atoms with E-state index in [1.54, 1.807) is 24.5 Å². The third kappa shape index (κ3) is 2.19. The maximum absolute atomic E-state index is 13.4.